The van der Waals surface area contributed by atoms with Crippen molar-refractivity contribution < 1.29 is 9.59 Å². The number of anilines is 2. The van der Waals surface area contributed by atoms with Crippen LogP contribution in [0.3, 0.4) is 0 Å². The molecule has 0 aliphatic rings. The first-order chi connectivity index (χ1) is 12.1. The average molecular weight is 392 g/mol. The predicted octanol–water partition coefficient (Wildman–Crippen LogP) is 3.29. The highest BCUT2D eigenvalue weighted by Gasteiger charge is 2.12. The third kappa shape index (κ3) is 5.08. The van der Waals surface area contributed by atoms with Crippen LogP contribution in [-0.4, -0.2) is 32.7 Å². The van der Waals surface area contributed by atoms with Crippen LogP contribution < -0.4 is 10.6 Å². The van der Waals surface area contributed by atoms with Crippen molar-refractivity contribution in [2.24, 2.45) is 0 Å². The second kappa shape index (κ2) is 8.19. The van der Waals surface area contributed by atoms with Crippen molar-refractivity contribution in [2.45, 2.75) is 11.3 Å². The van der Waals surface area contributed by atoms with Gasteiger partial charge in [-0.05, 0) is 19.1 Å². The Labute approximate surface area is 155 Å². The number of aryl methyl sites for hydroxylation is 1. The first-order valence-corrected chi connectivity index (χ1v) is 9.82. The van der Waals surface area contributed by atoms with Gasteiger partial charge < -0.3 is 5.32 Å². The second-order valence-electron chi connectivity index (χ2n) is 4.87. The molecule has 0 unspecified atom stereocenters. The predicted molar refractivity (Wildman–Crippen MR) is 101 cm³/mol. The number of benzene rings is 1. The molecule has 0 atom stereocenters. The van der Waals surface area contributed by atoms with Gasteiger partial charge in [0.1, 0.15) is 0 Å². The molecule has 0 aliphatic carbocycles. The van der Waals surface area contributed by atoms with E-state index in [-0.39, 0.29) is 17.6 Å². The van der Waals surface area contributed by atoms with Gasteiger partial charge in [-0.15, -0.1) is 21.5 Å². The summed E-state index contributed by atoms with van der Waals surface area (Å²) in [6.07, 6.45) is 1.63. The van der Waals surface area contributed by atoms with E-state index in [0.29, 0.717) is 20.2 Å². The zero-order valence-corrected chi connectivity index (χ0v) is 15.5. The summed E-state index contributed by atoms with van der Waals surface area (Å²) in [5, 5.41) is 16.1. The molecule has 2 amide bonds. The third-order valence-electron chi connectivity index (χ3n) is 2.91. The van der Waals surface area contributed by atoms with Crippen molar-refractivity contribution in [1.29, 1.82) is 0 Å². The topological polar surface area (TPSA) is 96.9 Å². The summed E-state index contributed by atoms with van der Waals surface area (Å²) in [7, 11) is 0. The minimum Gasteiger partial charge on any atom is -0.301 e. The minimum atomic E-state index is -0.238. The van der Waals surface area contributed by atoms with Gasteiger partial charge in [-0.25, -0.2) is 4.98 Å². The Bertz CT molecular complexity index is 879. The number of hydrogen-bond acceptors (Lipinski definition) is 8. The van der Waals surface area contributed by atoms with Gasteiger partial charge in [-0.1, -0.05) is 40.8 Å². The Morgan fingerprint density at radius 3 is 2.84 bits per heavy atom. The zero-order chi connectivity index (χ0) is 17.6. The van der Waals surface area contributed by atoms with Crippen LogP contribution in [0, 0.1) is 6.92 Å². The Kier molecular flexibility index (Phi) is 5.74. The molecule has 3 aromatic rings. The summed E-state index contributed by atoms with van der Waals surface area (Å²) in [4.78, 5) is 28.0. The first-order valence-electron chi connectivity index (χ1n) is 7.14. The number of amides is 2. The molecule has 0 aliphatic heterocycles. The van der Waals surface area contributed by atoms with Gasteiger partial charge in [-0.3, -0.25) is 14.9 Å². The van der Waals surface area contributed by atoms with E-state index in [1.165, 1.54) is 34.4 Å². The maximum absolute atomic E-state index is 12.2. The lowest BCUT2D eigenvalue weighted by molar-refractivity contribution is -0.113. The van der Waals surface area contributed by atoms with Crippen molar-refractivity contribution >= 4 is 56.5 Å². The molecular formula is C15H13N5O2S3. The van der Waals surface area contributed by atoms with Gasteiger partial charge in [0.05, 0.1) is 5.75 Å². The van der Waals surface area contributed by atoms with E-state index in [1.54, 1.807) is 23.7 Å². The van der Waals surface area contributed by atoms with Crippen molar-refractivity contribution in [1.82, 2.24) is 15.2 Å². The lowest BCUT2D eigenvalue weighted by Crippen LogP contribution is -2.13. The lowest BCUT2D eigenvalue weighted by atomic mass is 10.1. The quantitative estimate of drug-likeness (QED) is 0.494. The number of thiazole rings is 1. The number of aromatic nitrogens is 3. The summed E-state index contributed by atoms with van der Waals surface area (Å²) in [5.74, 6) is -0.210. The maximum atomic E-state index is 12.2. The molecule has 0 radical (unpaired) electrons. The van der Waals surface area contributed by atoms with Crippen LogP contribution >= 0.6 is 34.4 Å². The molecule has 0 saturated carbocycles. The van der Waals surface area contributed by atoms with Gasteiger partial charge in [0, 0.05) is 17.1 Å². The number of thioether (sulfide) groups is 1. The summed E-state index contributed by atoms with van der Waals surface area (Å²) < 4.78 is 0.605. The van der Waals surface area contributed by atoms with Crippen molar-refractivity contribution in [2.75, 3.05) is 16.4 Å². The van der Waals surface area contributed by atoms with Crippen LogP contribution in [0.25, 0.3) is 0 Å². The number of nitrogens with zero attached hydrogens (tertiary/aromatic N) is 3. The van der Waals surface area contributed by atoms with E-state index in [1.807, 2.05) is 19.1 Å². The van der Waals surface area contributed by atoms with Crippen LogP contribution in [-0.2, 0) is 4.79 Å². The Morgan fingerprint density at radius 1 is 1.20 bits per heavy atom. The molecule has 10 heteroatoms. The molecule has 0 saturated heterocycles. The molecular weight excluding hydrogens is 378 g/mol. The third-order valence-corrected chi connectivity index (χ3v) is 5.57. The average Bonchev–Trinajstić information content (AvgIpc) is 3.25. The summed E-state index contributed by atoms with van der Waals surface area (Å²) in [6, 6.07) is 7.29. The highest BCUT2D eigenvalue weighted by Crippen LogP contribution is 2.26. The van der Waals surface area contributed by atoms with Crippen molar-refractivity contribution in [3.8, 4) is 0 Å². The largest absolute Gasteiger partial charge is 0.301 e. The fraction of sp³-hybridized carbons (Fsp3) is 0.133. The van der Waals surface area contributed by atoms with Crippen LogP contribution in [0.5, 0.6) is 0 Å². The van der Waals surface area contributed by atoms with E-state index in [0.717, 1.165) is 5.56 Å². The molecule has 0 spiro atoms. The summed E-state index contributed by atoms with van der Waals surface area (Å²) in [6.45, 7) is 1.92. The van der Waals surface area contributed by atoms with Gasteiger partial charge in [-0.2, -0.15) is 0 Å². The van der Waals surface area contributed by atoms with Gasteiger partial charge in [0.15, 0.2) is 9.47 Å². The van der Waals surface area contributed by atoms with E-state index in [9.17, 15) is 9.59 Å². The fourth-order valence-corrected chi connectivity index (χ4v) is 3.93. The monoisotopic (exact) mass is 391 g/mol. The Balaban J connectivity index is 1.52. The molecule has 2 N–H and O–H groups in total. The summed E-state index contributed by atoms with van der Waals surface area (Å²) in [5.41, 5.74) is 1.57. The van der Waals surface area contributed by atoms with Crippen LogP contribution in [0.15, 0.2) is 40.2 Å². The maximum Gasteiger partial charge on any atom is 0.257 e. The zero-order valence-electron chi connectivity index (χ0n) is 13.1. The normalized spacial score (nSPS) is 10.4. The highest BCUT2D eigenvalue weighted by atomic mass is 32.2. The highest BCUT2D eigenvalue weighted by molar-refractivity contribution is 8.01. The number of carbonyl (C=O) groups excluding carboxylic acids is 2. The van der Waals surface area contributed by atoms with Crippen LogP contribution in [0.4, 0.5) is 10.3 Å². The van der Waals surface area contributed by atoms with E-state index in [4.69, 9.17) is 0 Å². The van der Waals surface area contributed by atoms with E-state index in [2.05, 4.69) is 25.8 Å². The number of carbonyl (C=O) groups is 2. The molecule has 3 rings (SSSR count). The standard InChI is InChI=1S/C15H13N5O2S3/c1-9-3-2-4-10(7-9)12(22)18-14-19-20-15(25-14)24-8-11(21)17-13-16-5-6-23-13/h2-7H,8H2,1H3,(H,16,17,21)(H,18,19,22). The van der Waals surface area contributed by atoms with Gasteiger partial charge >= 0.3 is 0 Å². The number of rotatable bonds is 6. The van der Waals surface area contributed by atoms with Crippen molar-refractivity contribution in [3.63, 3.8) is 0 Å². The molecule has 7 nitrogen and oxygen atoms in total. The first kappa shape index (κ1) is 17.5. The molecule has 0 fully saturated rings. The van der Waals surface area contributed by atoms with Gasteiger partial charge in [0.25, 0.3) is 5.91 Å². The lowest BCUT2D eigenvalue weighted by Gasteiger charge is -2.01. The van der Waals surface area contributed by atoms with Crippen molar-refractivity contribution in [3.05, 3.63) is 47.0 Å². The molecule has 0 bridgehead atoms. The Hall–Kier alpha value is -2.30. The molecule has 2 heterocycles. The van der Waals surface area contributed by atoms with Crippen LogP contribution in [0.2, 0.25) is 0 Å². The summed E-state index contributed by atoms with van der Waals surface area (Å²) >= 11 is 3.84. The molecule has 1 aromatic carbocycles. The van der Waals surface area contributed by atoms with E-state index < -0.39 is 0 Å². The minimum absolute atomic E-state index is 0.166. The fourth-order valence-electron chi connectivity index (χ4n) is 1.84. The Morgan fingerprint density at radius 2 is 2.08 bits per heavy atom. The SMILES string of the molecule is Cc1cccc(C(=O)Nc2nnc(SCC(=O)Nc3nccs3)s2)c1. The molecule has 25 heavy (non-hydrogen) atoms. The number of hydrogen-bond donors (Lipinski definition) is 2. The smallest absolute Gasteiger partial charge is 0.257 e. The number of nitrogens with one attached hydrogen (secondary N) is 2. The van der Waals surface area contributed by atoms with Crippen LogP contribution in [0.1, 0.15) is 15.9 Å². The second-order valence-corrected chi connectivity index (χ2v) is 7.97. The van der Waals surface area contributed by atoms with E-state index >= 15 is 0 Å². The van der Waals surface area contributed by atoms with Gasteiger partial charge in [0.2, 0.25) is 11.0 Å². The molecule has 2 aromatic heterocycles. The molecule has 128 valence electrons.